The van der Waals surface area contributed by atoms with Crippen molar-refractivity contribution < 1.29 is 66.0 Å². The van der Waals surface area contributed by atoms with Gasteiger partial charge in [-0.05, 0) is 30.3 Å². The number of benzene rings is 3. The Kier molecular flexibility index (Phi) is 6.48. The molecule has 0 bridgehead atoms. The maximum atomic E-state index is 12.0. The molecule has 0 aliphatic carbocycles. The molecular weight excluding hydrogens is 303 g/mol. The molecule has 0 saturated carbocycles. The Hall–Kier alpha value is -1.30. The first-order chi connectivity index (χ1) is 10.3. The number of ether oxygens (including phenoxy) is 2. The van der Waals surface area contributed by atoms with Crippen LogP contribution in [0.4, 0.5) is 0 Å². The van der Waals surface area contributed by atoms with Crippen molar-refractivity contribution in [2.75, 3.05) is 0 Å². The van der Waals surface area contributed by atoms with Crippen molar-refractivity contribution in [2.45, 2.75) is 0 Å². The SMILES string of the molecule is [K+].[O-]c1cccc(Oc2ccccc2)c1Oc1ccccc1. The van der Waals surface area contributed by atoms with Crippen molar-refractivity contribution in [2.24, 2.45) is 0 Å². The Morgan fingerprint density at radius 2 is 1.14 bits per heavy atom. The van der Waals surface area contributed by atoms with Crippen molar-refractivity contribution in [3.8, 4) is 28.7 Å². The van der Waals surface area contributed by atoms with Crippen LogP contribution in [0, 0.1) is 0 Å². The van der Waals surface area contributed by atoms with Crippen LogP contribution in [0.25, 0.3) is 0 Å². The van der Waals surface area contributed by atoms with E-state index in [1.165, 1.54) is 6.07 Å². The van der Waals surface area contributed by atoms with E-state index in [2.05, 4.69) is 0 Å². The topological polar surface area (TPSA) is 41.5 Å². The van der Waals surface area contributed by atoms with Crippen LogP contribution in [-0.2, 0) is 0 Å². The average molecular weight is 316 g/mol. The Morgan fingerprint density at radius 3 is 1.73 bits per heavy atom. The Bertz CT molecular complexity index is 715. The van der Waals surface area contributed by atoms with Crippen molar-refractivity contribution in [3.63, 3.8) is 0 Å². The summed E-state index contributed by atoms with van der Waals surface area (Å²) >= 11 is 0. The summed E-state index contributed by atoms with van der Waals surface area (Å²) in [6.07, 6.45) is 0. The molecule has 3 nitrogen and oxygen atoms in total. The van der Waals surface area contributed by atoms with Gasteiger partial charge < -0.3 is 14.6 Å². The molecule has 0 saturated heterocycles. The quantitative estimate of drug-likeness (QED) is 0.682. The van der Waals surface area contributed by atoms with Crippen molar-refractivity contribution >= 4 is 0 Å². The second kappa shape index (κ2) is 8.36. The summed E-state index contributed by atoms with van der Waals surface area (Å²) in [4.78, 5) is 0. The largest absolute Gasteiger partial charge is 1.00 e. The van der Waals surface area contributed by atoms with Gasteiger partial charge in [-0.25, -0.2) is 0 Å². The molecule has 104 valence electrons. The number of para-hydroxylation sites is 3. The van der Waals surface area contributed by atoms with Crippen LogP contribution in [0.3, 0.4) is 0 Å². The second-order valence-electron chi connectivity index (χ2n) is 4.41. The Morgan fingerprint density at radius 1 is 0.591 bits per heavy atom. The summed E-state index contributed by atoms with van der Waals surface area (Å²) in [6.45, 7) is 0. The Balaban J connectivity index is 0.00000176. The van der Waals surface area contributed by atoms with Gasteiger partial charge in [-0.2, -0.15) is 0 Å². The van der Waals surface area contributed by atoms with Gasteiger partial charge in [-0.15, -0.1) is 0 Å². The van der Waals surface area contributed by atoms with E-state index >= 15 is 0 Å². The molecule has 0 spiro atoms. The third kappa shape index (κ3) is 4.35. The average Bonchev–Trinajstić information content (AvgIpc) is 2.53. The first-order valence-corrected chi connectivity index (χ1v) is 6.59. The zero-order valence-corrected chi connectivity index (χ0v) is 15.4. The van der Waals surface area contributed by atoms with Crippen LogP contribution in [0.5, 0.6) is 28.7 Å². The molecule has 0 amide bonds. The minimum Gasteiger partial charge on any atom is -0.870 e. The molecule has 0 aliphatic heterocycles. The molecule has 3 aromatic rings. The fourth-order valence-electron chi connectivity index (χ4n) is 1.90. The fraction of sp³-hybridized carbons (Fsp3) is 0. The predicted octanol–water partition coefficient (Wildman–Crippen LogP) is 1.35. The minimum atomic E-state index is -0.215. The zero-order chi connectivity index (χ0) is 14.5. The summed E-state index contributed by atoms with van der Waals surface area (Å²) in [5, 5.41) is 12.0. The molecule has 0 N–H and O–H groups in total. The summed E-state index contributed by atoms with van der Waals surface area (Å²) < 4.78 is 11.4. The molecule has 3 aromatic carbocycles. The molecule has 0 atom stereocenters. The summed E-state index contributed by atoms with van der Waals surface area (Å²) in [5.74, 6) is 1.62. The number of rotatable bonds is 4. The van der Waals surface area contributed by atoms with Crippen molar-refractivity contribution in [1.29, 1.82) is 0 Å². The second-order valence-corrected chi connectivity index (χ2v) is 4.41. The van der Waals surface area contributed by atoms with Gasteiger partial charge in [0, 0.05) is 0 Å². The summed E-state index contributed by atoms with van der Waals surface area (Å²) in [7, 11) is 0. The van der Waals surface area contributed by atoms with Gasteiger partial charge in [-0.1, -0.05) is 54.3 Å². The minimum absolute atomic E-state index is 0. The molecule has 22 heavy (non-hydrogen) atoms. The molecule has 0 unspecified atom stereocenters. The van der Waals surface area contributed by atoms with Gasteiger partial charge in [0.1, 0.15) is 11.5 Å². The van der Waals surface area contributed by atoms with E-state index in [1.807, 2.05) is 48.5 Å². The van der Waals surface area contributed by atoms with Crippen molar-refractivity contribution in [3.05, 3.63) is 78.9 Å². The molecule has 3 rings (SSSR count). The van der Waals surface area contributed by atoms with Crippen LogP contribution in [-0.4, -0.2) is 0 Å². The van der Waals surface area contributed by atoms with E-state index in [0.29, 0.717) is 17.2 Å². The van der Waals surface area contributed by atoms with Crippen LogP contribution in [0.1, 0.15) is 0 Å². The first kappa shape index (κ1) is 17.1. The summed E-state index contributed by atoms with van der Waals surface area (Å²) in [6, 6.07) is 23.3. The zero-order valence-electron chi connectivity index (χ0n) is 12.2. The molecular formula is C18H13KO3. The number of hydrogen-bond acceptors (Lipinski definition) is 3. The monoisotopic (exact) mass is 316 g/mol. The maximum absolute atomic E-state index is 12.0. The molecule has 0 aliphatic rings. The number of hydrogen-bond donors (Lipinski definition) is 0. The van der Waals surface area contributed by atoms with Crippen LogP contribution < -0.4 is 66.0 Å². The van der Waals surface area contributed by atoms with E-state index in [-0.39, 0.29) is 62.9 Å². The molecule has 0 fully saturated rings. The van der Waals surface area contributed by atoms with E-state index in [1.54, 1.807) is 24.3 Å². The van der Waals surface area contributed by atoms with E-state index in [0.717, 1.165) is 0 Å². The molecule has 0 radical (unpaired) electrons. The van der Waals surface area contributed by atoms with Crippen molar-refractivity contribution in [1.82, 2.24) is 0 Å². The molecule has 4 heteroatoms. The van der Waals surface area contributed by atoms with Gasteiger partial charge in [0.25, 0.3) is 0 Å². The van der Waals surface area contributed by atoms with Gasteiger partial charge >= 0.3 is 51.4 Å². The third-order valence-electron chi connectivity index (χ3n) is 2.88. The standard InChI is InChI=1S/C18H14O3.K/c19-16-12-7-13-17(20-14-8-3-1-4-9-14)18(16)21-15-10-5-2-6-11-15;/h1-13,19H;/q;+1/p-1. The van der Waals surface area contributed by atoms with Gasteiger partial charge in [0.05, 0.1) is 0 Å². The molecule has 0 aromatic heterocycles. The first-order valence-electron chi connectivity index (χ1n) is 6.59. The van der Waals surface area contributed by atoms with Gasteiger partial charge in [-0.3, -0.25) is 0 Å². The Labute approximate surface area is 171 Å². The summed E-state index contributed by atoms with van der Waals surface area (Å²) in [5.41, 5.74) is 0. The van der Waals surface area contributed by atoms with Crippen LogP contribution in [0.2, 0.25) is 0 Å². The normalized spacial score (nSPS) is 9.64. The van der Waals surface area contributed by atoms with Gasteiger partial charge in [0.15, 0.2) is 11.5 Å². The maximum Gasteiger partial charge on any atom is 1.00 e. The predicted molar refractivity (Wildman–Crippen MR) is 78.9 cm³/mol. The van der Waals surface area contributed by atoms with E-state index in [4.69, 9.17) is 9.47 Å². The molecule has 0 heterocycles. The van der Waals surface area contributed by atoms with E-state index < -0.39 is 0 Å². The third-order valence-corrected chi connectivity index (χ3v) is 2.88. The fourth-order valence-corrected chi connectivity index (χ4v) is 1.90. The van der Waals surface area contributed by atoms with Crippen LogP contribution >= 0.6 is 0 Å². The smallest absolute Gasteiger partial charge is 0.870 e. The van der Waals surface area contributed by atoms with Crippen LogP contribution in [0.15, 0.2) is 78.9 Å². The van der Waals surface area contributed by atoms with Gasteiger partial charge in [0.2, 0.25) is 0 Å². The van der Waals surface area contributed by atoms with E-state index in [9.17, 15) is 5.11 Å².